The van der Waals surface area contributed by atoms with E-state index in [4.69, 9.17) is 4.98 Å². The second-order valence-corrected chi connectivity index (χ2v) is 13.9. The van der Waals surface area contributed by atoms with Crippen LogP contribution in [0.3, 0.4) is 0 Å². The van der Waals surface area contributed by atoms with Crippen LogP contribution in [-0.4, -0.2) is 15.9 Å². The van der Waals surface area contributed by atoms with Gasteiger partial charge in [-0.3, -0.25) is 9.78 Å². The molecule has 0 unspecified atom stereocenters. The molecule has 229 valence electrons. The molecule has 1 radical (unpaired) electrons. The van der Waals surface area contributed by atoms with E-state index in [-0.39, 0.29) is 31.6 Å². The number of pyridine rings is 1. The molecule has 0 saturated carbocycles. The molecule has 3 nitrogen and oxygen atoms in total. The van der Waals surface area contributed by atoms with Crippen LogP contribution < -0.4 is 0 Å². The number of carbonyl (C=O) groups is 1. The Labute approximate surface area is 274 Å². The monoisotopic (exact) mass is 771 g/mol. The molecule has 0 aliphatic heterocycles. The molecule has 0 bridgehead atoms. The summed E-state index contributed by atoms with van der Waals surface area (Å²) in [6.45, 7) is 16.8. The zero-order chi connectivity index (χ0) is 30.6. The standard InChI is InChI=1S/C27H24NS.C11H20O2.Ir/c1-16(2)9-19-13-24(20-11-17(3)10-18(4)12-20)28-25-15-27-23(14-22(19)25)21-7-5-6-8-26(21)29-27;1-8(2)5-10(12)7-11(13)6-9(3)4;/h5-8,10-11,13-16H,9H2,1-4H3;7-9,12H,5-6H2,1-4H3;/q-1;;/b;10-7-;. The quantitative estimate of drug-likeness (QED) is 0.0971. The molecule has 3 aromatic carbocycles. The maximum absolute atomic E-state index is 11.2. The van der Waals surface area contributed by atoms with Crippen molar-refractivity contribution in [1.29, 1.82) is 0 Å². The summed E-state index contributed by atoms with van der Waals surface area (Å²) < 4.78 is 2.65. The third-order valence-corrected chi connectivity index (χ3v) is 8.13. The van der Waals surface area contributed by atoms with Crippen molar-refractivity contribution in [3.05, 3.63) is 89.2 Å². The van der Waals surface area contributed by atoms with E-state index in [1.165, 1.54) is 42.8 Å². The Balaban J connectivity index is 0.000000310. The third-order valence-electron chi connectivity index (χ3n) is 7.00. The summed E-state index contributed by atoms with van der Waals surface area (Å²) in [6, 6.07) is 23.5. The maximum atomic E-state index is 11.2. The van der Waals surface area contributed by atoms with E-state index in [0.29, 0.717) is 30.6 Å². The van der Waals surface area contributed by atoms with Crippen LogP contribution in [0.25, 0.3) is 42.3 Å². The molecular formula is C38H44IrNO2S-. The van der Waals surface area contributed by atoms with Crippen molar-refractivity contribution in [3.8, 4) is 11.3 Å². The number of hydrogen-bond donors (Lipinski definition) is 1. The first-order chi connectivity index (χ1) is 19.9. The molecule has 0 aliphatic rings. The van der Waals surface area contributed by atoms with Gasteiger partial charge in [-0.2, -0.15) is 0 Å². The summed E-state index contributed by atoms with van der Waals surface area (Å²) >= 11 is 1.86. The smallest absolute Gasteiger partial charge is 0.159 e. The molecule has 0 amide bonds. The molecule has 0 atom stereocenters. The Bertz CT molecular complexity index is 1730. The Hall–Kier alpha value is -2.85. The van der Waals surface area contributed by atoms with Gasteiger partial charge in [0.1, 0.15) is 0 Å². The molecular weight excluding hydrogens is 727 g/mol. The van der Waals surface area contributed by atoms with Crippen LogP contribution >= 0.6 is 11.3 Å². The minimum atomic E-state index is 0. The van der Waals surface area contributed by atoms with Crippen LogP contribution in [-0.2, 0) is 31.3 Å². The zero-order valence-electron chi connectivity index (χ0n) is 26.7. The summed E-state index contributed by atoms with van der Waals surface area (Å²) in [5, 5.41) is 13.3. The number of allylic oxidation sites excluding steroid dienone is 2. The average molecular weight is 771 g/mol. The number of aliphatic hydroxyl groups is 1. The van der Waals surface area contributed by atoms with Gasteiger partial charge in [-0.1, -0.05) is 79.7 Å². The van der Waals surface area contributed by atoms with Crippen molar-refractivity contribution in [2.24, 2.45) is 17.8 Å². The first-order valence-electron chi connectivity index (χ1n) is 15.1. The normalized spacial score (nSPS) is 11.8. The van der Waals surface area contributed by atoms with Crippen molar-refractivity contribution < 1.29 is 30.0 Å². The van der Waals surface area contributed by atoms with Gasteiger partial charge in [0.25, 0.3) is 0 Å². The van der Waals surface area contributed by atoms with Gasteiger partial charge >= 0.3 is 0 Å². The number of ketones is 1. The van der Waals surface area contributed by atoms with Gasteiger partial charge in [-0.25, -0.2) is 0 Å². The van der Waals surface area contributed by atoms with Crippen LogP contribution in [0.15, 0.2) is 66.4 Å². The molecule has 1 N–H and O–H groups in total. The van der Waals surface area contributed by atoms with Crippen molar-refractivity contribution in [2.75, 3.05) is 0 Å². The Morgan fingerprint density at radius 1 is 0.860 bits per heavy atom. The zero-order valence-corrected chi connectivity index (χ0v) is 29.9. The molecule has 0 aliphatic carbocycles. The first-order valence-corrected chi connectivity index (χ1v) is 15.9. The van der Waals surface area contributed by atoms with Crippen molar-refractivity contribution >= 4 is 48.2 Å². The van der Waals surface area contributed by atoms with Crippen LogP contribution in [0.2, 0.25) is 0 Å². The Morgan fingerprint density at radius 3 is 2.21 bits per heavy atom. The van der Waals surface area contributed by atoms with E-state index in [0.717, 1.165) is 28.8 Å². The maximum Gasteiger partial charge on any atom is 0.159 e. The fraction of sp³-hybridized carbons (Fsp3) is 0.368. The average Bonchev–Trinajstić information content (AvgIpc) is 3.23. The molecule has 5 rings (SSSR count). The van der Waals surface area contributed by atoms with Crippen LogP contribution in [0.4, 0.5) is 0 Å². The first kappa shape index (κ1) is 34.6. The molecule has 43 heavy (non-hydrogen) atoms. The van der Waals surface area contributed by atoms with Gasteiger partial charge in [-0.15, -0.1) is 46.2 Å². The number of aromatic nitrogens is 1. The topological polar surface area (TPSA) is 50.2 Å². The number of thiophene rings is 1. The largest absolute Gasteiger partial charge is 0.512 e. The number of nitrogens with zero attached hydrogens (tertiary/aromatic N) is 1. The molecule has 0 saturated heterocycles. The van der Waals surface area contributed by atoms with E-state index in [2.05, 4.69) is 88.4 Å². The van der Waals surface area contributed by atoms with Gasteiger partial charge in [0.15, 0.2) is 5.78 Å². The SMILES string of the molecule is CC(C)CC(=O)/C=C(\O)CC(C)C.Cc1[c-]c(-c2cc(CC(C)C)c3cc4c(cc3n2)sc2ccccc24)cc(C)c1.[Ir]. The molecule has 2 aromatic heterocycles. The van der Waals surface area contributed by atoms with E-state index >= 15 is 0 Å². The Morgan fingerprint density at radius 2 is 1.56 bits per heavy atom. The Kier molecular flexibility index (Phi) is 12.3. The van der Waals surface area contributed by atoms with E-state index in [1.807, 2.05) is 39.0 Å². The second-order valence-electron chi connectivity index (χ2n) is 12.8. The van der Waals surface area contributed by atoms with E-state index in [9.17, 15) is 9.90 Å². The predicted octanol–water partition coefficient (Wildman–Crippen LogP) is 11.0. The van der Waals surface area contributed by atoms with E-state index < -0.39 is 0 Å². The fourth-order valence-electron chi connectivity index (χ4n) is 5.42. The van der Waals surface area contributed by atoms with Gasteiger partial charge < -0.3 is 5.11 Å². The number of hydrogen-bond acceptors (Lipinski definition) is 4. The van der Waals surface area contributed by atoms with Crippen molar-refractivity contribution in [2.45, 2.75) is 74.7 Å². The number of fused-ring (bicyclic) bond motifs is 4. The minimum absolute atomic E-state index is 0. The summed E-state index contributed by atoms with van der Waals surface area (Å²) in [5.74, 6) is 1.57. The molecule has 2 heterocycles. The van der Waals surface area contributed by atoms with Gasteiger partial charge in [0.05, 0.1) is 11.3 Å². The van der Waals surface area contributed by atoms with Gasteiger partial charge in [0, 0.05) is 64.6 Å². The van der Waals surface area contributed by atoms with Gasteiger partial charge in [0.2, 0.25) is 0 Å². The molecule has 0 spiro atoms. The molecule has 5 heteroatoms. The number of aryl methyl sites for hydroxylation is 2. The predicted molar refractivity (Wildman–Crippen MR) is 182 cm³/mol. The third kappa shape index (κ3) is 9.32. The van der Waals surface area contributed by atoms with Gasteiger partial charge in [-0.05, 0) is 53.6 Å². The fourth-order valence-corrected chi connectivity index (χ4v) is 6.54. The van der Waals surface area contributed by atoms with Crippen LogP contribution in [0.1, 0.15) is 71.1 Å². The molecule has 5 aromatic rings. The number of carbonyl (C=O) groups excluding carboxylic acids is 1. The molecule has 0 fully saturated rings. The van der Waals surface area contributed by atoms with E-state index in [1.54, 1.807) is 0 Å². The van der Waals surface area contributed by atoms with Crippen LogP contribution in [0, 0.1) is 37.7 Å². The number of rotatable bonds is 8. The van der Waals surface area contributed by atoms with Crippen molar-refractivity contribution in [3.63, 3.8) is 0 Å². The number of aliphatic hydroxyl groups excluding tert-OH is 1. The summed E-state index contributed by atoms with van der Waals surface area (Å²) in [4.78, 5) is 16.3. The second kappa shape index (κ2) is 15.2. The minimum Gasteiger partial charge on any atom is -0.512 e. The summed E-state index contributed by atoms with van der Waals surface area (Å²) in [6.07, 6.45) is 3.51. The number of benzene rings is 3. The van der Waals surface area contributed by atoms with Crippen molar-refractivity contribution in [1.82, 2.24) is 4.98 Å². The summed E-state index contributed by atoms with van der Waals surface area (Å²) in [7, 11) is 0. The summed E-state index contributed by atoms with van der Waals surface area (Å²) in [5.41, 5.74) is 7.00. The van der Waals surface area contributed by atoms with Crippen LogP contribution in [0.5, 0.6) is 0 Å².